The Bertz CT molecular complexity index is 788. The molecule has 3 N–H and O–H groups in total. The molecular formula is C26H42N4O. The summed E-state index contributed by atoms with van der Waals surface area (Å²) < 4.78 is 5.27. The molecule has 2 aromatic rings. The summed E-state index contributed by atoms with van der Waals surface area (Å²) in [7, 11) is 3.86. The lowest BCUT2D eigenvalue weighted by molar-refractivity contribution is 0.233. The van der Waals surface area contributed by atoms with E-state index < -0.39 is 0 Å². The van der Waals surface area contributed by atoms with Crippen molar-refractivity contribution in [2.75, 3.05) is 27.2 Å². The number of benzene rings is 1. The van der Waals surface area contributed by atoms with Crippen molar-refractivity contribution in [2.24, 2.45) is 0 Å². The average Bonchev–Trinajstić information content (AvgIpc) is 3.20. The molecule has 1 aromatic carbocycles. The molecule has 1 unspecified atom stereocenters. The quantitative estimate of drug-likeness (QED) is 0.362. The zero-order valence-corrected chi connectivity index (χ0v) is 20.0. The monoisotopic (exact) mass is 426 g/mol. The SMILES string of the molecule is C=C(NCc1cc2cc(OC)ccc2[nH]1)NC1CCCN(C)C1.C=CCCC=C.CC. The fourth-order valence-electron chi connectivity index (χ4n) is 3.41. The van der Waals surface area contributed by atoms with Crippen molar-refractivity contribution in [3.05, 3.63) is 67.7 Å². The largest absolute Gasteiger partial charge is 0.497 e. The molecule has 3 rings (SSSR count). The second-order valence-electron chi connectivity index (χ2n) is 7.48. The number of aromatic amines is 1. The number of hydrogen-bond acceptors (Lipinski definition) is 4. The number of hydrogen-bond donors (Lipinski definition) is 3. The van der Waals surface area contributed by atoms with Crippen LogP contribution in [0.15, 0.2) is 62.0 Å². The van der Waals surface area contributed by atoms with Crippen molar-refractivity contribution in [3.8, 4) is 5.75 Å². The van der Waals surface area contributed by atoms with Gasteiger partial charge in [0.2, 0.25) is 0 Å². The van der Waals surface area contributed by atoms with Crippen LogP contribution in [-0.2, 0) is 6.54 Å². The number of nitrogens with zero attached hydrogens (tertiary/aromatic N) is 1. The van der Waals surface area contributed by atoms with Crippen LogP contribution in [0.25, 0.3) is 10.9 Å². The smallest absolute Gasteiger partial charge is 0.119 e. The highest BCUT2D eigenvalue weighted by molar-refractivity contribution is 5.81. The third kappa shape index (κ3) is 9.79. The highest BCUT2D eigenvalue weighted by Crippen LogP contribution is 2.21. The first kappa shape index (κ1) is 26.4. The van der Waals surface area contributed by atoms with Gasteiger partial charge in [-0.25, -0.2) is 0 Å². The highest BCUT2D eigenvalue weighted by atomic mass is 16.5. The van der Waals surface area contributed by atoms with Crippen molar-refractivity contribution >= 4 is 10.9 Å². The Morgan fingerprint density at radius 1 is 1.23 bits per heavy atom. The molecule has 0 spiro atoms. The Morgan fingerprint density at radius 2 is 1.94 bits per heavy atom. The van der Waals surface area contributed by atoms with E-state index in [9.17, 15) is 0 Å². The van der Waals surface area contributed by atoms with E-state index >= 15 is 0 Å². The second-order valence-corrected chi connectivity index (χ2v) is 7.48. The van der Waals surface area contributed by atoms with E-state index in [-0.39, 0.29) is 0 Å². The molecule has 0 saturated carbocycles. The molecule has 1 saturated heterocycles. The van der Waals surface area contributed by atoms with Gasteiger partial charge >= 0.3 is 0 Å². The van der Waals surface area contributed by atoms with Gasteiger partial charge in [0, 0.05) is 29.2 Å². The molecule has 5 heteroatoms. The van der Waals surface area contributed by atoms with Crippen molar-refractivity contribution < 1.29 is 4.74 Å². The summed E-state index contributed by atoms with van der Waals surface area (Å²) in [6.45, 7) is 18.2. The van der Waals surface area contributed by atoms with E-state index in [0.717, 1.165) is 54.1 Å². The van der Waals surface area contributed by atoms with Gasteiger partial charge in [-0.2, -0.15) is 0 Å². The summed E-state index contributed by atoms with van der Waals surface area (Å²) in [6, 6.07) is 8.69. The van der Waals surface area contributed by atoms with Crippen LogP contribution in [0, 0.1) is 0 Å². The predicted molar refractivity (Wildman–Crippen MR) is 135 cm³/mol. The molecule has 0 radical (unpaired) electrons. The number of allylic oxidation sites excluding steroid dienone is 2. The summed E-state index contributed by atoms with van der Waals surface area (Å²) in [4.78, 5) is 5.78. The molecule has 172 valence electrons. The van der Waals surface area contributed by atoms with E-state index in [1.165, 1.54) is 19.4 Å². The number of piperidine rings is 1. The zero-order valence-electron chi connectivity index (χ0n) is 20.0. The van der Waals surface area contributed by atoms with E-state index in [1.807, 2.05) is 44.2 Å². The van der Waals surface area contributed by atoms with Gasteiger partial charge in [0.15, 0.2) is 0 Å². The van der Waals surface area contributed by atoms with Crippen LogP contribution in [0.5, 0.6) is 5.75 Å². The molecule has 0 amide bonds. The van der Waals surface area contributed by atoms with Gasteiger partial charge in [0.1, 0.15) is 5.75 Å². The number of nitrogens with one attached hydrogen (secondary N) is 3. The summed E-state index contributed by atoms with van der Waals surface area (Å²) in [5, 5.41) is 8.02. The Kier molecular flexibility index (Phi) is 12.9. The number of unbranched alkanes of at least 4 members (excludes halogenated alkanes) is 1. The molecule has 5 nitrogen and oxygen atoms in total. The normalized spacial score (nSPS) is 15.5. The molecule has 31 heavy (non-hydrogen) atoms. The van der Waals surface area contributed by atoms with Crippen molar-refractivity contribution in [2.45, 2.75) is 52.1 Å². The first-order valence-corrected chi connectivity index (χ1v) is 11.3. The first-order valence-electron chi connectivity index (χ1n) is 11.3. The molecule has 1 aromatic heterocycles. The second kappa shape index (κ2) is 15.2. The van der Waals surface area contributed by atoms with Gasteiger partial charge in [0.25, 0.3) is 0 Å². The van der Waals surface area contributed by atoms with E-state index in [4.69, 9.17) is 4.74 Å². The van der Waals surface area contributed by atoms with E-state index in [1.54, 1.807) is 7.11 Å². The molecule has 1 aliphatic heterocycles. The minimum absolute atomic E-state index is 0.487. The molecule has 2 heterocycles. The van der Waals surface area contributed by atoms with Crippen LogP contribution in [0.1, 0.15) is 45.2 Å². The van der Waals surface area contributed by atoms with Crippen LogP contribution in [0.4, 0.5) is 0 Å². The number of likely N-dealkylation sites (N-methyl/N-ethyl adjacent to an activating group) is 1. The summed E-state index contributed by atoms with van der Waals surface area (Å²) in [5.41, 5.74) is 2.26. The minimum Gasteiger partial charge on any atom is -0.497 e. The third-order valence-corrected chi connectivity index (χ3v) is 4.95. The van der Waals surface area contributed by atoms with Gasteiger partial charge in [-0.15, -0.1) is 13.2 Å². The number of methoxy groups -OCH3 is 1. The first-order chi connectivity index (χ1) is 15.0. The molecular weight excluding hydrogens is 384 g/mol. The van der Waals surface area contributed by atoms with Crippen molar-refractivity contribution in [1.82, 2.24) is 20.5 Å². The van der Waals surface area contributed by atoms with Crippen LogP contribution in [0.2, 0.25) is 0 Å². The summed E-state index contributed by atoms with van der Waals surface area (Å²) in [5.74, 6) is 1.77. The molecule has 1 fully saturated rings. The Labute approximate surface area is 189 Å². The Hall–Kier alpha value is -2.66. The predicted octanol–water partition coefficient (Wildman–Crippen LogP) is 5.59. The van der Waals surface area contributed by atoms with Crippen LogP contribution < -0.4 is 15.4 Å². The van der Waals surface area contributed by atoms with E-state index in [2.05, 4.69) is 53.4 Å². The van der Waals surface area contributed by atoms with Gasteiger partial charge in [-0.05, 0) is 63.5 Å². The maximum Gasteiger partial charge on any atom is 0.119 e. The summed E-state index contributed by atoms with van der Waals surface area (Å²) >= 11 is 0. The Morgan fingerprint density at radius 3 is 2.55 bits per heavy atom. The van der Waals surface area contributed by atoms with Crippen molar-refractivity contribution in [1.29, 1.82) is 0 Å². The minimum atomic E-state index is 0.487. The lowest BCUT2D eigenvalue weighted by Crippen LogP contribution is -2.45. The molecule has 0 bridgehead atoms. The zero-order chi connectivity index (χ0) is 23.1. The third-order valence-electron chi connectivity index (χ3n) is 4.95. The van der Waals surface area contributed by atoms with Gasteiger partial charge in [0.05, 0.1) is 19.5 Å². The number of H-pyrrole nitrogens is 1. The lowest BCUT2D eigenvalue weighted by Gasteiger charge is -2.31. The number of aromatic nitrogens is 1. The number of rotatable bonds is 9. The molecule has 1 atom stereocenters. The molecule has 0 aliphatic carbocycles. The number of fused-ring (bicyclic) bond motifs is 1. The number of ether oxygens (including phenoxy) is 1. The van der Waals surface area contributed by atoms with Gasteiger partial charge in [-0.3, -0.25) is 0 Å². The van der Waals surface area contributed by atoms with Crippen LogP contribution in [0.3, 0.4) is 0 Å². The van der Waals surface area contributed by atoms with E-state index in [0.29, 0.717) is 6.04 Å². The van der Waals surface area contributed by atoms with Crippen LogP contribution >= 0.6 is 0 Å². The lowest BCUT2D eigenvalue weighted by atomic mass is 10.1. The fraction of sp³-hybridized carbons (Fsp3) is 0.462. The van der Waals surface area contributed by atoms with Gasteiger partial charge in [-0.1, -0.05) is 32.6 Å². The standard InChI is InChI=1S/C18H26N4O.C6H10.C2H6/c1-13(20-15-5-4-8-22(2)12-15)19-11-16-9-14-10-17(23-3)6-7-18(14)21-16;1-3-5-6-4-2;1-2/h6-7,9-10,15,19-21H,1,4-5,8,11-12H2,2-3H3;3-4H,1-2,5-6H2;1-2H3. The average molecular weight is 427 g/mol. The van der Waals surface area contributed by atoms with Crippen molar-refractivity contribution in [3.63, 3.8) is 0 Å². The van der Waals surface area contributed by atoms with Crippen LogP contribution in [-0.4, -0.2) is 43.2 Å². The maximum absolute atomic E-state index is 5.27. The topological polar surface area (TPSA) is 52.3 Å². The fourth-order valence-corrected chi connectivity index (χ4v) is 3.41. The number of likely N-dealkylation sites (tertiary alicyclic amines) is 1. The highest BCUT2D eigenvalue weighted by Gasteiger charge is 2.16. The van der Waals surface area contributed by atoms with Gasteiger partial charge < -0.3 is 25.3 Å². The Balaban J connectivity index is 0.000000521. The summed E-state index contributed by atoms with van der Waals surface area (Å²) in [6.07, 6.45) is 8.35. The molecule has 1 aliphatic rings. The maximum atomic E-state index is 5.27.